The van der Waals surface area contributed by atoms with E-state index in [-0.39, 0.29) is 32.3 Å². The Bertz CT molecular complexity index is 777. The number of carboxylic acid groups (broad SMARTS) is 1. The average Bonchev–Trinajstić information content (AvgIpc) is 3.26. The molecule has 2 rings (SSSR count). The van der Waals surface area contributed by atoms with Crippen LogP contribution in [0.3, 0.4) is 0 Å². The Kier molecular flexibility index (Phi) is 13.9. The highest BCUT2D eigenvalue weighted by atomic mass is 32.2. The van der Waals surface area contributed by atoms with Gasteiger partial charge in [0.05, 0.1) is 30.8 Å². The van der Waals surface area contributed by atoms with Gasteiger partial charge in [-0.1, -0.05) is 35.5 Å². The summed E-state index contributed by atoms with van der Waals surface area (Å²) in [6.07, 6.45) is 0. The van der Waals surface area contributed by atoms with Crippen LogP contribution in [0.4, 0.5) is 0 Å². The number of hydrogen-bond donors (Lipinski definition) is 5. The van der Waals surface area contributed by atoms with Crippen LogP contribution in [0.5, 0.6) is 0 Å². The summed E-state index contributed by atoms with van der Waals surface area (Å²) in [5, 5.41) is 39.8. The van der Waals surface area contributed by atoms with Crippen LogP contribution in [0.1, 0.15) is 12.8 Å². The summed E-state index contributed by atoms with van der Waals surface area (Å²) in [6.45, 7) is 3.06. The molecule has 1 aromatic carbocycles. The third-order valence-electron chi connectivity index (χ3n) is 3.99. The Balaban J connectivity index is 0.000000433. The predicted molar refractivity (Wildman–Crippen MR) is 119 cm³/mol. The van der Waals surface area contributed by atoms with Crippen LogP contribution >= 0.6 is 11.8 Å². The molecule has 0 aliphatic heterocycles. The third-order valence-corrected chi connectivity index (χ3v) is 5.12. The molecule has 11 nitrogen and oxygen atoms in total. The first-order chi connectivity index (χ1) is 15.4. The fourth-order valence-electron chi connectivity index (χ4n) is 2.36. The second-order valence-electron chi connectivity index (χ2n) is 6.45. The van der Waals surface area contributed by atoms with Gasteiger partial charge in [0.25, 0.3) is 0 Å². The second kappa shape index (κ2) is 16.2. The van der Waals surface area contributed by atoms with E-state index in [0.717, 1.165) is 5.56 Å². The van der Waals surface area contributed by atoms with Gasteiger partial charge in [-0.05, 0) is 6.92 Å². The number of nitrogens with one attached hydrogen (secondary N) is 1. The number of aliphatic hydroxyl groups excluding tert-OH is 3. The molecule has 32 heavy (non-hydrogen) atoms. The molecule has 1 aromatic heterocycles. The van der Waals surface area contributed by atoms with E-state index in [0.29, 0.717) is 37.1 Å². The summed E-state index contributed by atoms with van der Waals surface area (Å²) >= 11 is 1.30. The molecular formula is C20H30N4O7S. The maximum Gasteiger partial charge on any atom is 0.322 e. The van der Waals surface area contributed by atoms with Crippen LogP contribution in [0.25, 0.3) is 11.4 Å². The molecule has 1 amide bonds. The van der Waals surface area contributed by atoms with Gasteiger partial charge in [0.15, 0.2) is 0 Å². The number of hydrogen-bond acceptors (Lipinski definition) is 10. The van der Waals surface area contributed by atoms with Crippen LogP contribution in [0.15, 0.2) is 34.9 Å². The van der Waals surface area contributed by atoms with E-state index in [4.69, 9.17) is 24.9 Å². The van der Waals surface area contributed by atoms with Gasteiger partial charge >= 0.3 is 5.97 Å². The first kappa shape index (κ1) is 27.5. The normalized spacial score (nSPS) is 11.5. The second-order valence-corrected chi connectivity index (χ2v) is 7.78. The number of carboxylic acids is 1. The van der Waals surface area contributed by atoms with Crippen LogP contribution in [-0.2, 0) is 15.3 Å². The number of thioether (sulfide) groups is 1. The Morgan fingerprint density at radius 1 is 1.09 bits per heavy atom. The highest BCUT2D eigenvalue weighted by Crippen LogP contribution is 2.20. The number of aliphatic hydroxyl groups is 3. The molecule has 0 radical (unpaired) electrons. The molecular weight excluding hydrogens is 440 g/mol. The molecule has 2 aromatic rings. The lowest BCUT2D eigenvalue weighted by Gasteiger charge is -2.17. The van der Waals surface area contributed by atoms with E-state index in [2.05, 4.69) is 15.5 Å². The fourth-order valence-corrected chi connectivity index (χ4v) is 3.10. The lowest BCUT2D eigenvalue weighted by atomic mass is 10.2. The van der Waals surface area contributed by atoms with E-state index in [9.17, 15) is 9.59 Å². The van der Waals surface area contributed by atoms with Gasteiger partial charge in [-0.25, -0.2) is 0 Å². The van der Waals surface area contributed by atoms with Crippen LogP contribution in [-0.4, -0.2) is 98.6 Å². The quantitative estimate of drug-likeness (QED) is 0.263. The topological polar surface area (TPSA) is 169 Å². The molecule has 1 heterocycles. The SMILES string of the molecule is CC(SCc1nc(-c2ccccc2)no1)C(=O)NCC(=O)O.OCCN(CCO)CCO. The van der Waals surface area contributed by atoms with Crippen LogP contribution in [0.2, 0.25) is 0 Å². The van der Waals surface area contributed by atoms with Gasteiger partial charge in [-0.2, -0.15) is 4.98 Å². The van der Waals surface area contributed by atoms with Crippen molar-refractivity contribution >= 4 is 23.6 Å². The van der Waals surface area contributed by atoms with E-state index in [1.807, 2.05) is 30.3 Å². The smallest absolute Gasteiger partial charge is 0.322 e. The molecule has 0 saturated carbocycles. The molecule has 0 bridgehead atoms. The molecule has 0 spiro atoms. The number of rotatable bonds is 13. The molecule has 0 fully saturated rings. The van der Waals surface area contributed by atoms with Gasteiger partial charge in [-0.3, -0.25) is 14.5 Å². The number of aromatic nitrogens is 2. The van der Waals surface area contributed by atoms with Crippen LogP contribution in [0, 0.1) is 0 Å². The monoisotopic (exact) mass is 470 g/mol. The van der Waals surface area contributed by atoms with Crippen molar-refractivity contribution in [1.29, 1.82) is 0 Å². The van der Waals surface area contributed by atoms with Crippen molar-refractivity contribution in [3.8, 4) is 11.4 Å². The summed E-state index contributed by atoms with van der Waals surface area (Å²) < 4.78 is 5.14. The van der Waals surface area contributed by atoms with E-state index >= 15 is 0 Å². The van der Waals surface area contributed by atoms with E-state index in [1.165, 1.54) is 11.8 Å². The first-order valence-electron chi connectivity index (χ1n) is 9.95. The van der Waals surface area contributed by atoms with Gasteiger partial charge in [0.1, 0.15) is 6.54 Å². The molecule has 12 heteroatoms. The number of nitrogens with zero attached hydrogens (tertiary/aromatic N) is 3. The summed E-state index contributed by atoms with van der Waals surface area (Å²) in [4.78, 5) is 28.1. The molecule has 0 aliphatic rings. The minimum absolute atomic E-state index is 0.0694. The summed E-state index contributed by atoms with van der Waals surface area (Å²) in [5.41, 5.74) is 0.856. The zero-order valence-corrected chi connectivity index (χ0v) is 18.7. The first-order valence-corrected chi connectivity index (χ1v) is 11.0. The standard InChI is InChI=1S/C14H15N3O4S.C6H15NO3/c1-9(14(20)15-7-12(18)19)22-8-11-16-13(17-21-11)10-5-3-2-4-6-10;8-4-1-7(2-5-9)3-6-10/h2-6,9H,7-8H2,1H3,(H,15,20)(H,18,19);8-10H,1-6H2. The van der Waals surface area contributed by atoms with Gasteiger partial charge in [0.2, 0.25) is 17.6 Å². The number of carbonyl (C=O) groups excluding carboxylic acids is 1. The predicted octanol–water partition coefficient (Wildman–Crippen LogP) is -0.176. The third kappa shape index (κ3) is 11.2. The molecule has 0 saturated heterocycles. The summed E-state index contributed by atoms with van der Waals surface area (Å²) in [5.74, 6) is -0.118. The van der Waals surface area contributed by atoms with Crippen molar-refractivity contribution in [1.82, 2.24) is 20.4 Å². The van der Waals surface area contributed by atoms with E-state index in [1.54, 1.807) is 11.8 Å². The largest absolute Gasteiger partial charge is 0.480 e. The van der Waals surface area contributed by atoms with Crippen LogP contribution < -0.4 is 5.32 Å². The van der Waals surface area contributed by atoms with E-state index < -0.39 is 11.2 Å². The number of carbonyl (C=O) groups is 2. The average molecular weight is 471 g/mol. The summed E-state index contributed by atoms with van der Waals surface area (Å²) in [7, 11) is 0. The van der Waals surface area contributed by atoms with Crippen molar-refractivity contribution in [2.45, 2.75) is 17.9 Å². The van der Waals surface area contributed by atoms with Gasteiger partial charge < -0.3 is 30.3 Å². The molecule has 1 unspecified atom stereocenters. The maximum atomic E-state index is 11.6. The minimum Gasteiger partial charge on any atom is -0.480 e. The molecule has 1 atom stereocenters. The van der Waals surface area contributed by atoms with Crippen molar-refractivity contribution < 1.29 is 34.5 Å². The number of benzene rings is 1. The molecule has 0 aliphatic carbocycles. The zero-order chi connectivity index (χ0) is 23.8. The lowest BCUT2D eigenvalue weighted by Crippen LogP contribution is -2.34. The maximum absolute atomic E-state index is 11.6. The van der Waals surface area contributed by atoms with Crippen molar-refractivity contribution in [2.24, 2.45) is 0 Å². The number of amides is 1. The van der Waals surface area contributed by atoms with Crippen molar-refractivity contribution in [3.63, 3.8) is 0 Å². The highest BCUT2D eigenvalue weighted by molar-refractivity contribution is 7.99. The number of aliphatic carboxylic acids is 1. The lowest BCUT2D eigenvalue weighted by molar-refractivity contribution is -0.137. The Labute approximate surface area is 190 Å². The van der Waals surface area contributed by atoms with Gasteiger partial charge in [-0.15, -0.1) is 11.8 Å². The zero-order valence-electron chi connectivity index (χ0n) is 17.9. The minimum atomic E-state index is -1.07. The highest BCUT2D eigenvalue weighted by Gasteiger charge is 2.16. The Morgan fingerprint density at radius 2 is 1.69 bits per heavy atom. The Hall–Kier alpha value is -2.51. The van der Waals surface area contributed by atoms with Gasteiger partial charge in [0, 0.05) is 25.2 Å². The summed E-state index contributed by atoms with van der Waals surface area (Å²) in [6, 6.07) is 9.43. The Morgan fingerprint density at radius 3 is 2.22 bits per heavy atom. The fraction of sp³-hybridized carbons (Fsp3) is 0.500. The van der Waals surface area contributed by atoms with Crippen molar-refractivity contribution in [2.75, 3.05) is 46.0 Å². The van der Waals surface area contributed by atoms with Crippen molar-refractivity contribution in [3.05, 3.63) is 36.2 Å². The molecule has 5 N–H and O–H groups in total. The molecule has 178 valence electrons.